The molecule has 2 aromatic heterocycles. The van der Waals surface area contributed by atoms with Crippen molar-refractivity contribution >= 4 is 26.3 Å². The Morgan fingerprint density at radius 1 is 1.50 bits per heavy atom. The zero-order valence-electron chi connectivity index (χ0n) is 12.2. The molecule has 3 rings (SSSR count). The van der Waals surface area contributed by atoms with Crippen LogP contribution in [0.2, 0.25) is 0 Å². The van der Waals surface area contributed by atoms with Crippen molar-refractivity contribution in [3.05, 3.63) is 33.7 Å². The van der Waals surface area contributed by atoms with E-state index in [1.54, 1.807) is 12.3 Å². The minimum Gasteiger partial charge on any atom is -0.296 e. The highest BCUT2D eigenvalue weighted by molar-refractivity contribution is 7.88. The van der Waals surface area contributed by atoms with E-state index in [9.17, 15) is 13.2 Å². The SMILES string of the molecule is CS(=O)(=O)NC1CCCN(Cc2cc(=O)n3ccsc3n2)C1. The van der Waals surface area contributed by atoms with Gasteiger partial charge in [0.05, 0.1) is 11.9 Å². The molecule has 1 aliphatic heterocycles. The summed E-state index contributed by atoms with van der Waals surface area (Å²) in [4.78, 5) is 19.3. The van der Waals surface area contributed by atoms with E-state index in [0.717, 1.165) is 25.1 Å². The van der Waals surface area contributed by atoms with Crippen molar-refractivity contribution in [2.24, 2.45) is 0 Å². The summed E-state index contributed by atoms with van der Waals surface area (Å²) in [5.41, 5.74) is 0.650. The van der Waals surface area contributed by atoms with E-state index in [-0.39, 0.29) is 11.6 Å². The van der Waals surface area contributed by atoms with Gasteiger partial charge in [-0.2, -0.15) is 0 Å². The summed E-state index contributed by atoms with van der Waals surface area (Å²) in [5.74, 6) is 0. The van der Waals surface area contributed by atoms with Crippen molar-refractivity contribution in [3.8, 4) is 0 Å². The monoisotopic (exact) mass is 342 g/mol. The molecule has 2 aromatic rings. The first kappa shape index (κ1) is 15.6. The minimum atomic E-state index is -3.19. The average Bonchev–Trinajstić information content (AvgIpc) is 2.85. The molecule has 1 N–H and O–H groups in total. The summed E-state index contributed by atoms with van der Waals surface area (Å²) in [6.07, 6.45) is 4.66. The molecule has 22 heavy (non-hydrogen) atoms. The second-order valence-corrected chi connectivity index (χ2v) is 8.26. The third-order valence-corrected chi connectivity index (χ3v) is 5.15. The predicted molar refractivity (Wildman–Crippen MR) is 85.6 cm³/mol. The Balaban J connectivity index is 1.72. The van der Waals surface area contributed by atoms with Crippen LogP contribution in [0.3, 0.4) is 0 Å². The topological polar surface area (TPSA) is 83.8 Å². The summed E-state index contributed by atoms with van der Waals surface area (Å²) in [5, 5.41) is 1.83. The third kappa shape index (κ3) is 3.72. The van der Waals surface area contributed by atoms with Gasteiger partial charge in [-0.25, -0.2) is 18.1 Å². The first-order valence-corrected chi connectivity index (χ1v) is 9.83. The molecule has 1 fully saturated rings. The lowest BCUT2D eigenvalue weighted by Crippen LogP contribution is -2.47. The lowest BCUT2D eigenvalue weighted by Gasteiger charge is -2.32. The molecule has 1 aliphatic rings. The number of fused-ring (bicyclic) bond motifs is 1. The number of nitrogens with zero attached hydrogens (tertiary/aromatic N) is 3. The Hall–Kier alpha value is -1.29. The molecule has 120 valence electrons. The number of rotatable bonds is 4. The molecular weight excluding hydrogens is 324 g/mol. The fourth-order valence-electron chi connectivity index (χ4n) is 2.80. The van der Waals surface area contributed by atoms with Crippen LogP contribution < -0.4 is 10.3 Å². The van der Waals surface area contributed by atoms with Crippen LogP contribution in [0.15, 0.2) is 22.4 Å². The molecule has 1 atom stereocenters. The molecule has 1 saturated heterocycles. The van der Waals surface area contributed by atoms with Crippen molar-refractivity contribution in [2.45, 2.75) is 25.4 Å². The maximum Gasteiger partial charge on any atom is 0.258 e. The summed E-state index contributed by atoms with van der Waals surface area (Å²) in [7, 11) is -3.19. The minimum absolute atomic E-state index is 0.0738. The van der Waals surface area contributed by atoms with Gasteiger partial charge < -0.3 is 0 Å². The van der Waals surface area contributed by atoms with Gasteiger partial charge in [0.25, 0.3) is 5.56 Å². The number of aromatic nitrogens is 2. The van der Waals surface area contributed by atoms with Gasteiger partial charge in [0.1, 0.15) is 0 Å². The molecule has 9 heteroatoms. The van der Waals surface area contributed by atoms with Crippen molar-refractivity contribution < 1.29 is 8.42 Å². The normalized spacial score (nSPS) is 20.5. The quantitative estimate of drug-likeness (QED) is 0.862. The molecule has 7 nitrogen and oxygen atoms in total. The molecule has 0 radical (unpaired) electrons. The number of piperidine rings is 1. The Kier molecular flexibility index (Phi) is 4.31. The second-order valence-electron chi connectivity index (χ2n) is 5.61. The van der Waals surface area contributed by atoms with Crippen molar-refractivity contribution in [1.29, 1.82) is 0 Å². The van der Waals surface area contributed by atoms with E-state index in [0.29, 0.717) is 18.1 Å². The van der Waals surface area contributed by atoms with Crippen LogP contribution in [0.5, 0.6) is 0 Å². The molecule has 0 aromatic carbocycles. The van der Waals surface area contributed by atoms with Gasteiger partial charge in [0.15, 0.2) is 4.96 Å². The summed E-state index contributed by atoms with van der Waals surface area (Å²) < 4.78 is 26.9. The number of likely N-dealkylation sites (tertiary alicyclic amines) is 1. The van der Waals surface area contributed by atoms with Gasteiger partial charge in [-0.05, 0) is 19.4 Å². The summed E-state index contributed by atoms with van der Waals surface area (Å²) in [6, 6.07) is 1.48. The molecule has 1 unspecified atom stereocenters. The zero-order valence-corrected chi connectivity index (χ0v) is 13.9. The van der Waals surface area contributed by atoms with Crippen LogP contribution >= 0.6 is 11.3 Å². The maximum atomic E-state index is 12.0. The molecule has 3 heterocycles. The lowest BCUT2D eigenvalue weighted by molar-refractivity contribution is 0.192. The van der Waals surface area contributed by atoms with Crippen molar-refractivity contribution in [3.63, 3.8) is 0 Å². The number of nitrogens with one attached hydrogen (secondary N) is 1. The van der Waals surface area contributed by atoms with Crippen LogP contribution in [0, 0.1) is 0 Å². The largest absolute Gasteiger partial charge is 0.296 e. The Bertz CT molecular complexity index is 827. The van der Waals surface area contributed by atoms with Gasteiger partial charge in [0.2, 0.25) is 10.0 Å². The number of thiazole rings is 1. The molecule has 0 bridgehead atoms. The summed E-state index contributed by atoms with van der Waals surface area (Å²) in [6.45, 7) is 2.08. The number of hydrogen-bond donors (Lipinski definition) is 1. The molecule has 0 amide bonds. The lowest BCUT2D eigenvalue weighted by atomic mass is 10.1. The second kappa shape index (κ2) is 6.07. The van der Waals surface area contributed by atoms with Crippen molar-refractivity contribution in [2.75, 3.05) is 19.3 Å². The average molecular weight is 342 g/mol. The van der Waals surface area contributed by atoms with E-state index in [1.165, 1.54) is 22.0 Å². The highest BCUT2D eigenvalue weighted by Gasteiger charge is 2.22. The van der Waals surface area contributed by atoms with Crippen LogP contribution in [0.25, 0.3) is 4.96 Å². The zero-order chi connectivity index (χ0) is 15.7. The summed E-state index contributed by atoms with van der Waals surface area (Å²) >= 11 is 1.43. The smallest absolute Gasteiger partial charge is 0.258 e. The molecule has 0 spiro atoms. The fraction of sp³-hybridized carbons (Fsp3) is 0.538. The number of sulfonamides is 1. The van der Waals surface area contributed by atoms with E-state index in [4.69, 9.17) is 0 Å². The van der Waals surface area contributed by atoms with E-state index in [2.05, 4.69) is 14.6 Å². The first-order valence-electron chi connectivity index (χ1n) is 7.06. The maximum absolute atomic E-state index is 12.0. The Morgan fingerprint density at radius 2 is 2.32 bits per heavy atom. The van der Waals surface area contributed by atoms with Crippen LogP contribution in [0.4, 0.5) is 0 Å². The standard InChI is InChI=1S/C13H18N4O3S2/c1-22(19,20)15-10-3-2-4-16(8-10)9-11-7-12(18)17-5-6-21-13(17)14-11/h5-7,10,15H,2-4,8-9H2,1H3. The highest BCUT2D eigenvalue weighted by Crippen LogP contribution is 2.14. The predicted octanol–water partition coefficient (Wildman–Crippen LogP) is 0.270. The van der Waals surface area contributed by atoms with E-state index >= 15 is 0 Å². The molecular formula is C13H18N4O3S2. The Labute approximate surface area is 132 Å². The van der Waals surface area contributed by atoms with Crippen molar-refractivity contribution in [1.82, 2.24) is 19.0 Å². The Morgan fingerprint density at radius 3 is 3.09 bits per heavy atom. The van der Waals surface area contributed by atoms with E-state index < -0.39 is 10.0 Å². The van der Waals surface area contributed by atoms with E-state index in [1.807, 2.05) is 5.38 Å². The van der Waals surface area contributed by atoms with Gasteiger partial charge >= 0.3 is 0 Å². The number of hydrogen-bond acceptors (Lipinski definition) is 6. The van der Waals surface area contributed by atoms with Gasteiger partial charge in [-0.3, -0.25) is 14.1 Å². The highest BCUT2D eigenvalue weighted by atomic mass is 32.2. The van der Waals surface area contributed by atoms with Gasteiger partial charge in [-0.15, -0.1) is 11.3 Å². The van der Waals surface area contributed by atoms with Crippen LogP contribution in [0.1, 0.15) is 18.5 Å². The third-order valence-electron chi connectivity index (χ3n) is 3.63. The molecule has 0 aliphatic carbocycles. The molecule has 0 saturated carbocycles. The van der Waals surface area contributed by atoms with Crippen LogP contribution in [-0.4, -0.2) is 48.1 Å². The van der Waals surface area contributed by atoms with Gasteiger partial charge in [0, 0.05) is 36.8 Å². The van der Waals surface area contributed by atoms with Gasteiger partial charge in [-0.1, -0.05) is 0 Å². The first-order chi connectivity index (χ1) is 10.4. The van der Waals surface area contributed by atoms with Crippen LogP contribution in [-0.2, 0) is 16.6 Å². The fourth-order valence-corrected chi connectivity index (χ4v) is 4.33.